The second-order valence-electron chi connectivity index (χ2n) is 7.39. The molecule has 7 heteroatoms. The van der Waals surface area contributed by atoms with Crippen LogP contribution < -0.4 is 10.6 Å². The van der Waals surface area contributed by atoms with Crippen molar-refractivity contribution < 1.29 is 18.5 Å². The lowest BCUT2D eigenvalue weighted by molar-refractivity contribution is -0.124. The molecule has 29 heavy (non-hydrogen) atoms. The van der Waals surface area contributed by atoms with Crippen molar-refractivity contribution in [2.24, 2.45) is 5.92 Å². The summed E-state index contributed by atoms with van der Waals surface area (Å²) >= 11 is 0. The van der Waals surface area contributed by atoms with Crippen LogP contribution in [-0.2, 0) is 11.3 Å². The number of hydrogen-bond acceptors (Lipinski definition) is 5. The van der Waals surface area contributed by atoms with E-state index in [0.717, 1.165) is 16.7 Å². The number of carbonyl (C=O) groups excluding carboxylic acids is 2. The summed E-state index contributed by atoms with van der Waals surface area (Å²) in [5.74, 6) is 0.294. The fraction of sp³-hybridized carbons (Fsp3) is 0.318. The maximum absolute atomic E-state index is 12.7. The SMILES string of the molecule is Cc1ccc(C)c(-c2cc(C(=O)NC(C(=O)NCc3ccco3)C(C)C)no2)c1. The maximum atomic E-state index is 12.7. The fourth-order valence-electron chi connectivity index (χ4n) is 2.96. The summed E-state index contributed by atoms with van der Waals surface area (Å²) in [6.45, 7) is 7.94. The summed E-state index contributed by atoms with van der Waals surface area (Å²) in [6, 6.07) is 10.4. The lowest BCUT2D eigenvalue weighted by Gasteiger charge is -2.20. The molecule has 3 aromatic rings. The average molecular weight is 395 g/mol. The molecule has 0 aliphatic rings. The molecule has 2 N–H and O–H groups in total. The van der Waals surface area contributed by atoms with Crippen LogP contribution in [0, 0.1) is 19.8 Å². The third kappa shape index (κ3) is 4.93. The van der Waals surface area contributed by atoms with Gasteiger partial charge in [0.05, 0.1) is 12.8 Å². The largest absolute Gasteiger partial charge is 0.467 e. The minimum Gasteiger partial charge on any atom is -0.467 e. The maximum Gasteiger partial charge on any atom is 0.274 e. The number of carbonyl (C=O) groups is 2. The molecule has 0 saturated carbocycles. The van der Waals surface area contributed by atoms with Crippen LogP contribution in [0.4, 0.5) is 0 Å². The lowest BCUT2D eigenvalue weighted by Crippen LogP contribution is -2.49. The van der Waals surface area contributed by atoms with Crippen molar-refractivity contribution in [3.05, 3.63) is 65.2 Å². The zero-order valence-corrected chi connectivity index (χ0v) is 17.0. The third-order valence-corrected chi connectivity index (χ3v) is 4.65. The molecule has 0 radical (unpaired) electrons. The predicted molar refractivity (Wildman–Crippen MR) is 108 cm³/mol. The Morgan fingerprint density at radius 1 is 1.14 bits per heavy atom. The lowest BCUT2D eigenvalue weighted by atomic mass is 10.0. The van der Waals surface area contributed by atoms with Gasteiger partial charge in [-0.15, -0.1) is 0 Å². The number of benzene rings is 1. The summed E-state index contributed by atoms with van der Waals surface area (Å²) in [5.41, 5.74) is 3.12. The van der Waals surface area contributed by atoms with Gasteiger partial charge in [-0.1, -0.05) is 36.7 Å². The van der Waals surface area contributed by atoms with Gasteiger partial charge >= 0.3 is 0 Å². The van der Waals surface area contributed by atoms with Crippen LogP contribution in [0.1, 0.15) is 41.2 Å². The van der Waals surface area contributed by atoms with Crippen LogP contribution in [0.15, 0.2) is 51.6 Å². The van der Waals surface area contributed by atoms with E-state index in [1.807, 2.05) is 45.9 Å². The first-order valence-electron chi connectivity index (χ1n) is 9.50. The van der Waals surface area contributed by atoms with Crippen LogP contribution in [0.3, 0.4) is 0 Å². The Hall–Kier alpha value is -3.35. The summed E-state index contributed by atoms with van der Waals surface area (Å²) in [5, 5.41) is 9.41. The topological polar surface area (TPSA) is 97.4 Å². The number of hydrogen-bond donors (Lipinski definition) is 2. The van der Waals surface area contributed by atoms with Gasteiger partial charge in [-0.3, -0.25) is 9.59 Å². The van der Waals surface area contributed by atoms with Crippen LogP contribution in [0.25, 0.3) is 11.3 Å². The van der Waals surface area contributed by atoms with Crippen LogP contribution in [0.5, 0.6) is 0 Å². The number of amides is 2. The summed E-state index contributed by atoms with van der Waals surface area (Å²) in [4.78, 5) is 25.2. The molecule has 3 rings (SSSR count). The Morgan fingerprint density at radius 3 is 2.62 bits per heavy atom. The van der Waals surface area contributed by atoms with Gasteiger partial charge in [0.15, 0.2) is 11.5 Å². The first-order valence-corrected chi connectivity index (χ1v) is 9.50. The second kappa shape index (κ2) is 8.77. The Balaban J connectivity index is 1.69. The zero-order valence-electron chi connectivity index (χ0n) is 17.0. The van der Waals surface area contributed by atoms with E-state index >= 15 is 0 Å². The smallest absolute Gasteiger partial charge is 0.274 e. The van der Waals surface area contributed by atoms with E-state index < -0.39 is 11.9 Å². The molecule has 0 aliphatic heterocycles. The Kier molecular flexibility index (Phi) is 6.16. The average Bonchev–Trinajstić information content (AvgIpc) is 3.37. The van der Waals surface area contributed by atoms with E-state index in [1.54, 1.807) is 24.5 Å². The van der Waals surface area contributed by atoms with Crippen LogP contribution >= 0.6 is 0 Å². The molecule has 0 saturated heterocycles. The molecule has 7 nitrogen and oxygen atoms in total. The van der Waals surface area contributed by atoms with Gasteiger partial charge in [0.25, 0.3) is 5.91 Å². The molecule has 1 unspecified atom stereocenters. The standard InChI is InChI=1S/C22H25N3O4/c1-13(2)20(22(27)23-12-16-6-5-9-28-16)24-21(26)18-11-19(29-25-18)17-10-14(3)7-8-15(17)4/h5-11,13,20H,12H2,1-4H3,(H,23,27)(H,24,26). The van der Waals surface area contributed by atoms with Crippen molar-refractivity contribution in [2.75, 3.05) is 0 Å². The van der Waals surface area contributed by atoms with Crippen LogP contribution in [-0.4, -0.2) is 23.0 Å². The normalized spacial score (nSPS) is 12.0. The molecular formula is C22H25N3O4. The van der Waals surface area contributed by atoms with Crippen LogP contribution in [0.2, 0.25) is 0 Å². The minimum absolute atomic E-state index is 0.110. The molecule has 0 bridgehead atoms. The van der Waals surface area contributed by atoms with Gasteiger partial charge in [0.2, 0.25) is 5.91 Å². The molecule has 2 heterocycles. The molecule has 0 spiro atoms. The molecule has 0 fully saturated rings. The number of furan rings is 1. The first kappa shape index (κ1) is 20.4. The number of aryl methyl sites for hydroxylation is 2. The van der Waals surface area contributed by atoms with Crippen molar-refractivity contribution in [3.8, 4) is 11.3 Å². The zero-order chi connectivity index (χ0) is 21.0. The van der Waals surface area contributed by atoms with Gasteiger partial charge < -0.3 is 19.6 Å². The first-order chi connectivity index (χ1) is 13.8. The van der Waals surface area contributed by atoms with E-state index in [4.69, 9.17) is 8.94 Å². The number of rotatable bonds is 7. The molecular weight excluding hydrogens is 370 g/mol. The predicted octanol–water partition coefficient (Wildman–Crippen LogP) is 3.62. The number of aromatic nitrogens is 1. The van der Waals surface area contributed by atoms with E-state index in [1.165, 1.54) is 0 Å². The molecule has 2 aromatic heterocycles. The van der Waals surface area contributed by atoms with E-state index in [-0.39, 0.29) is 24.1 Å². The van der Waals surface area contributed by atoms with Crippen molar-refractivity contribution >= 4 is 11.8 Å². The van der Waals surface area contributed by atoms with E-state index in [0.29, 0.717) is 11.5 Å². The van der Waals surface area contributed by atoms with E-state index in [9.17, 15) is 9.59 Å². The molecule has 2 amide bonds. The molecule has 0 aliphatic carbocycles. The Bertz CT molecular complexity index is 989. The quantitative estimate of drug-likeness (QED) is 0.637. The van der Waals surface area contributed by atoms with Gasteiger partial charge in [0, 0.05) is 11.6 Å². The van der Waals surface area contributed by atoms with Gasteiger partial charge in [0.1, 0.15) is 11.8 Å². The highest BCUT2D eigenvalue weighted by Gasteiger charge is 2.26. The summed E-state index contributed by atoms with van der Waals surface area (Å²) < 4.78 is 10.6. The van der Waals surface area contributed by atoms with Crippen molar-refractivity contribution in [1.82, 2.24) is 15.8 Å². The summed E-state index contributed by atoms with van der Waals surface area (Å²) in [6.07, 6.45) is 1.54. The molecule has 1 atom stereocenters. The van der Waals surface area contributed by atoms with E-state index in [2.05, 4.69) is 15.8 Å². The highest BCUT2D eigenvalue weighted by Crippen LogP contribution is 2.25. The minimum atomic E-state index is -0.710. The Labute approximate surface area is 169 Å². The summed E-state index contributed by atoms with van der Waals surface area (Å²) in [7, 11) is 0. The van der Waals surface area contributed by atoms with Crippen molar-refractivity contribution in [1.29, 1.82) is 0 Å². The highest BCUT2D eigenvalue weighted by atomic mass is 16.5. The Morgan fingerprint density at radius 2 is 1.93 bits per heavy atom. The van der Waals surface area contributed by atoms with Crippen molar-refractivity contribution in [2.45, 2.75) is 40.3 Å². The molecule has 1 aromatic carbocycles. The monoisotopic (exact) mass is 395 g/mol. The highest BCUT2D eigenvalue weighted by molar-refractivity contribution is 5.96. The van der Waals surface area contributed by atoms with Gasteiger partial charge in [-0.05, 0) is 43.5 Å². The number of nitrogens with one attached hydrogen (secondary N) is 2. The fourth-order valence-corrected chi connectivity index (χ4v) is 2.96. The van der Waals surface area contributed by atoms with Gasteiger partial charge in [-0.2, -0.15) is 0 Å². The van der Waals surface area contributed by atoms with Gasteiger partial charge in [-0.25, -0.2) is 0 Å². The molecule has 152 valence electrons. The van der Waals surface area contributed by atoms with Crippen molar-refractivity contribution in [3.63, 3.8) is 0 Å². The number of nitrogens with zero attached hydrogens (tertiary/aromatic N) is 1. The third-order valence-electron chi connectivity index (χ3n) is 4.65. The second-order valence-corrected chi connectivity index (χ2v) is 7.39.